The molecule has 0 fully saturated rings. The largest absolute Gasteiger partial charge is 0.475 e. The van der Waals surface area contributed by atoms with Crippen LogP contribution in [0.2, 0.25) is 0 Å². The van der Waals surface area contributed by atoms with Crippen LogP contribution in [0.25, 0.3) is 4.98 Å². The van der Waals surface area contributed by atoms with Crippen molar-refractivity contribution in [2.75, 3.05) is 6.61 Å². The zero-order valence-corrected chi connectivity index (χ0v) is 9.03. The van der Waals surface area contributed by atoms with Crippen LogP contribution in [0.4, 0.5) is 0 Å². The topological polar surface area (TPSA) is 57.6 Å². The third-order valence-corrected chi connectivity index (χ3v) is 1.25. The Bertz CT molecular complexity index is 394. The Balaban J connectivity index is 4.03. The van der Waals surface area contributed by atoms with Gasteiger partial charge in [0.2, 0.25) is 5.39 Å². The fourth-order valence-corrected chi connectivity index (χ4v) is 0.512. The molecule has 78 valence electrons. The van der Waals surface area contributed by atoms with Gasteiger partial charge in [-0.15, -0.1) is 0 Å². The summed E-state index contributed by atoms with van der Waals surface area (Å²) in [5, 5.41) is 17.3. The molecule has 0 unspecified atom stereocenters. The van der Waals surface area contributed by atoms with Crippen LogP contribution in [0.1, 0.15) is 20.8 Å². The average molecular weight is 205 g/mol. The second-order valence-corrected chi connectivity index (χ2v) is 3.01. The summed E-state index contributed by atoms with van der Waals surface area (Å²) < 4.78 is 4.74. The highest BCUT2D eigenvalue weighted by molar-refractivity contribution is 5.26. The number of nitrogens with zero attached hydrogens (tertiary/aromatic N) is 2. The van der Waals surface area contributed by atoms with Gasteiger partial charge in [-0.05, 0) is 17.8 Å². The average Bonchev–Trinajstić information content (AvgIpc) is 2.21. The maximum absolute atomic E-state index is 9.06. The molecule has 0 aromatic carbocycles. The van der Waals surface area contributed by atoms with Gasteiger partial charge in [0, 0.05) is 5.92 Å². The summed E-state index contributed by atoms with van der Waals surface area (Å²) in [6, 6.07) is 0. The minimum Gasteiger partial charge on any atom is -0.475 e. The number of aliphatic hydroxyl groups excluding tert-OH is 1. The first-order valence-corrected chi connectivity index (χ1v) is 4.44. The van der Waals surface area contributed by atoms with Crippen molar-refractivity contribution < 1.29 is 9.84 Å². The second-order valence-electron chi connectivity index (χ2n) is 3.01. The summed E-state index contributed by atoms with van der Waals surface area (Å²) in [5.41, 5.74) is 0.00469. The molecule has 4 heteroatoms. The third-order valence-electron chi connectivity index (χ3n) is 1.25. The van der Waals surface area contributed by atoms with Gasteiger partial charge in [-0.25, -0.2) is 0 Å². The van der Waals surface area contributed by atoms with E-state index in [9.17, 15) is 0 Å². The van der Waals surface area contributed by atoms with Gasteiger partial charge in [0.15, 0.2) is 11.6 Å². The molecule has 0 spiro atoms. The molecule has 0 aromatic heterocycles. The molecule has 0 aliphatic heterocycles. The molecular weight excluding hydrogens is 192 g/mol. The van der Waals surface area contributed by atoms with Crippen LogP contribution in [-0.4, -0.2) is 11.7 Å². The number of rotatable bonds is 2. The highest BCUT2D eigenvalue weighted by Crippen LogP contribution is 2.01. The summed E-state index contributed by atoms with van der Waals surface area (Å²) in [6.45, 7) is 5.34. The van der Waals surface area contributed by atoms with Gasteiger partial charge in [-0.3, -0.25) is 0 Å². The molecule has 1 N–H and O–H groups in total. The smallest absolute Gasteiger partial charge is 0.437 e. The van der Waals surface area contributed by atoms with Crippen LogP contribution < -0.4 is 0 Å². The Morgan fingerprint density at radius 2 is 2.13 bits per heavy atom. The van der Waals surface area contributed by atoms with Crippen molar-refractivity contribution >= 4 is 0 Å². The van der Waals surface area contributed by atoms with Gasteiger partial charge in [0.25, 0.3) is 0 Å². The van der Waals surface area contributed by atoms with E-state index in [0.717, 1.165) is 0 Å². The Morgan fingerprint density at radius 3 is 2.67 bits per heavy atom. The van der Waals surface area contributed by atoms with Crippen molar-refractivity contribution in [1.82, 2.24) is 0 Å². The maximum atomic E-state index is 9.06. The van der Waals surface area contributed by atoms with E-state index in [1.807, 2.05) is 13.8 Å². The van der Waals surface area contributed by atoms with Gasteiger partial charge in [0.05, 0.1) is 6.92 Å². The quantitative estimate of drug-likeness (QED) is 0.427. The summed E-state index contributed by atoms with van der Waals surface area (Å²) in [7, 11) is 0. The van der Waals surface area contributed by atoms with Crippen molar-refractivity contribution in [3.63, 3.8) is 0 Å². The molecule has 0 aromatic rings. The Morgan fingerprint density at radius 1 is 1.47 bits per heavy atom. The van der Waals surface area contributed by atoms with Crippen molar-refractivity contribution in [2.24, 2.45) is 5.92 Å². The van der Waals surface area contributed by atoms with Gasteiger partial charge < -0.3 is 9.84 Å². The lowest BCUT2D eigenvalue weighted by Gasteiger charge is -1.93. The molecule has 0 atom stereocenters. The van der Waals surface area contributed by atoms with E-state index in [1.54, 1.807) is 0 Å². The molecule has 0 heterocycles. The number of hydrogen-bond donors (Lipinski definition) is 1. The van der Waals surface area contributed by atoms with E-state index in [4.69, 9.17) is 15.2 Å². The van der Waals surface area contributed by atoms with Crippen LogP contribution in [0.3, 0.4) is 0 Å². The number of diazo groups is 1. The van der Waals surface area contributed by atoms with Crippen molar-refractivity contribution in [3.8, 4) is 23.7 Å². The molecule has 15 heavy (non-hydrogen) atoms. The minimum atomic E-state index is -0.441. The highest BCUT2D eigenvalue weighted by atomic mass is 16.6. The first-order valence-electron chi connectivity index (χ1n) is 4.44. The van der Waals surface area contributed by atoms with E-state index in [-0.39, 0.29) is 18.2 Å². The van der Waals surface area contributed by atoms with Crippen LogP contribution >= 0.6 is 0 Å². The van der Waals surface area contributed by atoms with Crippen LogP contribution in [0.15, 0.2) is 11.6 Å². The summed E-state index contributed by atoms with van der Waals surface area (Å²) in [4.78, 5) is 2.76. The second kappa shape index (κ2) is 7.30. The normalized spacial score (nSPS) is 10.1. The van der Waals surface area contributed by atoms with Crippen LogP contribution in [-0.2, 0) is 4.74 Å². The lowest BCUT2D eigenvalue weighted by atomic mass is 10.2. The van der Waals surface area contributed by atoms with Gasteiger partial charge in [0.1, 0.15) is 0 Å². The summed E-state index contributed by atoms with van der Waals surface area (Å²) >= 11 is 0. The fourth-order valence-electron chi connectivity index (χ4n) is 0.512. The standard InChI is InChI=1S/C11H12N2O2/c1-9(2)7-5-4-6-8-15-11(14)10(3)13-12/h9H,8H2,1-3H3/p+1/b11-10-. The molecule has 0 saturated carbocycles. The molecule has 0 aliphatic carbocycles. The zero-order chi connectivity index (χ0) is 11.7. The van der Waals surface area contributed by atoms with Crippen molar-refractivity contribution in [3.05, 3.63) is 16.6 Å². The molecule has 0 saturated heterocycles. The van der Waals surface area contributed by atoms with Crippen molar-refractivity contribution in [2.45, 2.75) is 20.8 Å². The molecular formula is C11H13N2O2+. The van der Waals surface area contributed by atoms with Crippen molar-refractivity contribution in [1.29, 1.82) is 5.39 Å². The first kappa shape index (κ1) is 12.9. The minimum absolute atomic E-state index is 0.00469. The predicted octanol–water partition coefficient (Wildman–Crippen LogP) is 2.27. The van der Waals surface area contributed by atoms with Crippen LogP contribution in [0, 0.1) is 35.0 Å². The molecule has 4 nitrogen and oxygen atoms in total. The monoisotopic (exact) mass is 205 g/mol. The van der Waals surface area contributed by atoms with Crippen LogP contribution in [0.5, 0.6) is 0 Å². The molecule has 0 radical (unpaired) electrons. The number of allylic oxidation sites excluding steroid dienone is 1. The number of aliphatic hydroxyl groups is 1. The van der Waals surface area contributed by atoms with Gasteiger partial charge in [-0.1, -0.05) is 19.8 Å². The third kappa shape index (κ3) is 6.99. The highest BCUT2D eigenvalue weighted by Gasteiger charge is 2.11. The lowest BCUT2D eigenvalue weighted by Crippen LogP contribution is -1.93. The summed E-state index contributed by atoms with van der Waals surface area (Å²) in [5.74, 6) is 10.5. The number of hydrogen-bond acceptors (Lipinski definition) is 3. The van der Waals surface area contributed by atoms with E-state index in [0.29, 0.717) is 0 Å². The lowest BCUT2D eigenvalue weighted by molar-refractivity contribution is 0.112. The predicted molar refractivity (Wildman–Crippen MR) is 56.8 cm³/mol. The SMILES string of the molecule is C/C([N+]#N)=C(\O)OCC#CC#CC(C)C. The summed E-state index contributed by atoms with van der Waals surface area (Å²) in [6.07, 6.45) is 0. The van der Waals surface area contributed by atoms with E-state index >= 15 is 0 Å². The molecule has 0 rings (SSSR count). The fraction of sp³-hybridized carbons (Fsp3) is 0.455. The van der Waals surface area contributed by atoms with Gasteiger partial charge in [-0.2, -0.15) is 0 Å². The van der Waals surface area contributed by atoms with E-state index < -0.39 is 5.95 Å². The molecule has 0 amide bonds. The zero-order valence-electron chi connectivity index (χ0n) is 9.03. The molecule has 0 bridgehead atoms. The molecule has 0 aliphatic rings. The van der Waals surface area contributed by atoms with E-state index in [1.165, 1.54) is 6.92 Å². The Labute approximate surface area is 89.6 Å². The maximum Gasteiger partial charge on any atom is 0.437 e. The number of ether oxygens (including phenoxy) is 1. The Kier molecular flexibility index (Phi) is 6.27. The Hall–Kier alpha value is -2.12. The van der Waals surface area contributed by atoms with Gasteiger partial charge >= 0.3 is 11.6 Å². The van der Waals surface area contributed by atoms with E-state index in [2.05, 4.69) is 28.7 Å². The first-order chi connectivity index (χ1) is 7.07.